The molecule has 0 aliphatic rings. The number of aliphatic carboxylic acids is 1. The highest BCUT2D eigenvalue weighted by molar-refractivity contribution is 8.00. The minimum Gasteiger partial charge on any atom is -0.508 e. The smallest absolute Gasteiger partial charge is 0.316 e. The molecule has 3 rings (SSSR count). The fourth-order valence-corrected chi connectivity index (χ4v) is 5.19. The molecule has 0 heterocycles. The Morgan fingerprint density at radius 3 is 1.88 bits per heavy atom. The van der Waals surface area contributed by atoms with Crippen molar-refractivity contribution in [1.29, 1.82) is 0 Å². The van der Waals surface area contributed by atoms with Crippen LogP contribution in [0.1, 0.15) is 16.7 Å². The number of aromatic hydroxyl groups is 1. The second kappa shape index (κ2) is 19.1. The second-order valence-corrected chi connectivity index (χ2v) is 12.3. The van der Waals surface area contributed by atoms with E-state index in [1.165, 1.54) is 28.8 Å². The molecule has 1 atom stereocenters. The molecule has 43 heavy (non-hydrogen) atoms. The van der Waals surface area contributed by atoms with E-state index < -0.39 is 21.3 Å². The maximum atomic E-state index is 11.7. The zero-order chi connectivity index (χ0) is 31.7. The highest BCUT2D eigenvalue weighted by Gasteiger charge is 2.18. The third kappa shape index (κ3) is 15.1. The number of aryl methyl sites for hydroxylation is 1. The van der Waals surface area contributed by atoms with E-state index >= 15 is 0 Å². The molecule has 3 aromatic carbocycles. The number of phenols is 1. The summed E-state index contributed by atoms with van der Waals surface area (Å²) in [5.41, 5.74) is 3.09. The van der Waals surface area contributed by atoms with Crippen molar-refractivity contribution in [3.8, 4) is 17.2 Å². The largest absolute Gasteiger partial charge is 0.508 e. The van der Waals surface area contributed by atoms with Gasteiger partial charge in [0.15, 0.2) is 0 Å². The SMILES string of the molecule is CS(=O)(=O)Oc1ccc(OCCc2ccc(CC(SCCc3ccc(O)cc3)C(=O)O)cc2)cc1.OCCN(CO)CO. The van der Waals surface area contributed by atoms with Crippen LogP contribution in [0.25, 0.3) is 0 Å². The Hall–Kier alpha value is -3.33. The van der Waals surface area contributed by atoms with Crippen molar-refractivity contribution in [1.82, 2.24) is 4.90 Å². The molecule has 0 aliphatic carbocycles. The number of phenolic OH excluding ortho intramolecular Hbond substituents is 1. The van der Waals surface area contributed by atoms with Crippen molar-refractivity contribution >= 4 is 27.8 Å². The average molecular weight is 638 g/mol. The van der Waals surface area contributed by atoms with Crippen molar-refractivity contribution in [3.63, 3.8) is 0 Å². The summed E-state index contributed by atoms with van der Waals surface area (Å²) in [4.78, 5) is 13.0. The van der Waals surface area contributed by atoms with Gasteiger partial charge in [0.05, 0.1) is 32.9 Å². The number of thioether (sulfide) groups is 1. The third-order valence-corrected chi connectivity index (χ3v) is 7.62. The Morgan fingerprint density at radius 2 is 1.37 bits per heavy atom. The van der Waals surface area contributed by atoms with E-state index in [4.69, 9.17) is 24.2 Å². The molecular formula is C30H39NO10S2. The van der Waals surface area contributed by atoms with E-state index in [0.717, 1.165) is 29.4 Å². The number of aliphatic hydroxyl groups is 3. The first-order valence-electron chi connectivity index (χ1n) is 13.4. The highest BCUT2D eigenvalue weighted by atomic mass is 32.2. The van der Waals surface area contributed by atoms with Crippen LogP contribution in [-0.4, -0.2) is 95.3 Å². The summed E-state index contributed by atoms with van der Waals surface area (Å²) in [7, 11) is -3.56. The third-order valence-electron chi connectivity index (χ3n) is 5.91. The van der Waals surface area contributed by atoms with Crippen molar-refractivity contribution in [2.45, 2.75) is 24.5 Å². The number of aliphatic hydroxyl groups excluding tert-OH is 3. The Kier molecular flexibility index (Phi) is 15.9. The van der Waals surface area contributed by atoms with Gasteiger partial charge in [-0.2, -0.15) is 8.42 Å². The number of hydrogen-bond acceptors (Lipinski definition) is 11. The highest BCUT2D eigenvalue weighted by Crippen LogP contribution is 2.21. The Bertz CT molecular complexity index is 1310. The molecule has 0 saturated heterocycles. The maximum Gasteiger partial charge on any atom is 0.316 e. The van der Waals surface area contributed by atoms with Crippen LogP contribution < -0.4 is 8.92 Å². The molecule has 3 aromatic rings. The number of carboxylic acid groups (broad SMARTS) is 1. The first-order valence-corrected chi connectivity index (χ1v) is 16.3. The number of carboxylic acids is 1. The molecule has 236 valence electrons. The maximum absolute atomic E-state index is 11.7. The van der Waals surface area contributed by atoms with Crippen LogP contribution in [0.2, 0.25) is 0 Å². The molecule has 5 N–H and O–H groups in total. The molecule has 11 nitrogen and oxygen atoms in total. The lowest BCUT2D eigenvalue weighted by molar-refractivity contribution is -0.136. The van der Waals surface area contributed by atoms with Crippen LogP contribution in [0.5, 0.6) is 17.2 Å². The fourth-order valence-electron chi connectivity index (χ4n) is 3.64. The molecule has 0 aromatic heterocycles. The standard InChI is InChI=1S/C26H28O7S2.C4H11NO3/c1-35(30,31)33-24-12-10-23(11-13-24)32-16-14-19-2-4-21(5-3-19)18-25(26(28)29)34-17-15-20-6-8-22(27)9-7-20;6-2-1-5(3-7)4-8/h2-13,25,27H,14-18H2,1H3,(H,28,29);6-8H,1-4H2. The van der Waals surface area contributed by atoms with Gasteiger partial charge in [0.25, 0.3) is 0 Å². The van der Waals surface area contributed by atoms with Gasteiger partial charge in [-0.1, -0.05) is 36.4 Å². The van der Waals surface area contributed by atoms with E-state index in [-0.39, 0.29) is 31.6 Å². The molecule has 0 aliphatic heterocycles. The topological polar surface area (TPSA) is 174 Å². The van der Waals surface area contributed by atoms with E-state index in [1.807, 2.05) is 36.4 Å². The summed E-state index contributed by atoms with van der Waals surface area (Å²) in [5, 5.41) is 43.3. The molecule has 0 fully saturated rings. The monoisotopic (exact) mass is 637 g/mol. The van der Waals surface area contributed by atoms with Gasteiger partial charge in [-0.05, 0) is 71.7 Å². The van der Waals surface area contributed by atoms with Crippen molar-refractivity contribution in [3.05, 3.63) is 89.5 Å². The van der Waals surface area contributed by atoms with Crippen molar-refractivity contribution in [2.75, 3.05) is 45.2 Å². The molecule has 0 bridgehead atoms. The summed E-state index contributed by atoms with van der Waals surface area (Å²) in [6.45, 7) is 0.290. The quantitative estimate of drug-likeness (QED) is 0.108. The normalized spacial score (nSPS) is 11.8. The summed E-state index contributed by atoms with van der Waals surface area (Å²) in [5.74, 6) is 0.907. The van der Waals surface area contributed by atoms with Gasteiger partial charge in [-0.25, -0.2) is 0 Å². The van der Waals surface area contributed by atoms with Crippen LogP contribution in [0.3, 0.4) is 0 Å². The predicted molar refractivity (Wildman–Crippen MR) is 165 cm³/mol. The van der Waals surface area contributed by atoms with Crippen LogP contribution in [0.15, 0.2) is 72.8 Å². The Labute approximate surface area is 256 Å². The van der Waals surface area contributed by atoms with Gasteiger partial charge < -0.3 is 34.5 Å². The number of hydrogen-bond donors (Lipinski definition) is 5. The first-order chi connectivity index (χ1) is 20.5. The van der Waals surface area contributed by atoms with Crippen LogP contribution in [0, 0.1) is 0 Å². The van der Waals surface area contributed by atoms with Gasteiger partial charge in [0.2, 0.25) is 0 Å². The molecule has 0 amide bonds. The molecule has 1 unspecified atom stereocenters. The van der Waals surface area contributed by atoms with Crippen LogP contribution in [0.4, 0.5) is 0 Å². The first kappa shape index (κ1) is 35.9. The van der Waals surface area contributed by atoms with E-state index in [2.05, 4.69) is 0 Å². The fraction of sp³-hybridized carbons (Fsp3) is 0.367. The number of carbonyl (C=O) groups is 1. The van der Waals surface area contributed by atoms with Crippen LogP contribution in [-0.2, 0) is 34.2 Å². The summed E-state index contributed by atoms with van der Waals surface area (Å²) in [6.07, 6.45) is 2.84. The van der Waals surface area contributed by atoms with Gasteiger partial charge in [0.1, 0.15) is 22.5 Å². The minimum atomic E-state index is -3.56. The number of benzene rings is 3. The predicted octanol–water partition coefficient (Wildman–Crippen LogP) is 2.50. The number of rotatable bonds is 17. The summed E-state index contributed by atoms with van der Waals surface area (Å²) in [6, 6.07) is 21.2. The van der Waals surface area contributed by atoms with Gasteiger partial charge >= 0.3 is 16.1 Å². The molecule has 0 spiro atoms. The molecule has 13 heteroatoms. The molecular weight excluding hydrogens is 598 g/mol. The van der Waals surface area contributed by atoms with Gasteiger partial charge in [-0.3, -0.25) is 9.69 Å². The van der Waals surface area contributed by atoms with Crippen LogP contribution >= 0.6 is 11.8 Å². The second-order valence-electron chi connectivity index (χ2n) is 9.39. The minimum absolute atomic E-state index is 0.0406. The van der Waals surface area contributed by atoms with Gasteiger partial charge in [-0.15, -0.1) is 11.8 Å². The van der Waals surface area contributed by atoms with Crippen molar-refractivity contribution in [2.24, 2.45) is 0 Å². The lowest BCUT2D eigenvalue weighted by atomic mass is 10.1. The lowest BCUT2D eigenvalue weighted by Crippen LogP contribution is -2.28. The average Bonchev–Trinajstić information content (AvgIpc) is 2.97. The Balaban J connectivity index is 0.000000708. The van der Waals surface area contributed by atoms with Gasteiger partial charge in [0, 0.05) is 13.0 Å². The van der Waals surface area contributed by atoms with E-state index in [9.17, 15) is 23.4 Å². The van der Waals surface area contributed by atoms with E-state index in [0.29, 0.717) is 37.5 Å². The summed E-state index contributed by atoms with van der Waals surface area (Å²) >= 11 is 1.42. The van der Waals surface area contributed by atoms with E-state index in [1.54, 1.807) is 24.3 Å². The zero-order valence-corrected chi connectivity index (χ0v) is 25.5. The molecule has 0 saturated carbocycles. The zero-order valence-electron chi connectivity index (χ0n) is 23.9. The lowest BCUT2D eigenvalue weighted by Gasteiger charge is -2.13. The molecule has 0 radical (unpaired) electrons. The van der Waals surface area contributed by atoms with Crippen molar-refractivity contribution < 1.29 is 47.7 Å². The summed E-state index contributed by atoms with van der Waals surface area (Å²) < 4.78 is 32.8. The number of ether oxygens (including phenoxy) is 1. The Morgan fingerprint density at radius 1 is 0.837 bits per heavy atom. The number of nitrogens with zero attached hydrogens (tertiary/aromatic N) is 1.